The van der Waals surface area contributed by atoms with Gasteiger partial charge in [0.2, 0.25) is 0 Å². The molecule has 3 rings (SSSR count). The molecule has 122 valence electrons. The lowest BCUT2D eigenvalue weighted by atomic mass is 9.98. The van der Waals surface area contributed by atoms with Gasteiger partial charge in [0.1, 0.15) is 0 Å². The van der Waals surface area contributed by atoms with E-state index in [1.807, 2.05) is 6.07 Å². The van der Waals surface area contributed by atoms with Gasteiger partial charge in [-0.25, -0.2) is 0 Å². The highest BCUT2D eigenvalue weighted by atomic mass is 32.1. The van der Waals surface area contributed by atoms with Gasteiger partial charge < -0.3 is 14.4 Å². The van der Waals surface area contributed by atoms with Crippen molar-refractivity contribution in [2.45, 2.75) is 19.3 Å². The Morgan fingerprint density at radius 1 is 1.48 bits per heavy atom. The van der Waals surface area contributed by atoms with Crippen molar-refractivity contribution in [1.29, 1.82) is 0 Å². The van der Waals surface area contributed by atoms with E-state index in [-0.39, 0.29) is 5.92 Å². The molecular formula is C18H21NO3S. The Kier molecular flexibility index (Phi) is 5.31. The predicted molar refractivity (Wildman–Crippen MR) is 91.5 cm³/mol. The van der Waals surface area contributed by atoms with Crippen molar-refractivity contribution in [1.82, 2.24) is 4.90 Å². The van der Waals surface area contributed by atoms with Gasteiger partial charge in [-0.1, -0.05) is 12.1 Å². The number of hydrogen-bond acceptors (Lipinski definition) is 4. The number of nitrogens with zero attached hydrogens (tertiary/aromatic N) is 1. The smallest absolute Gasteiger partial charge is 0.307 e. The molecule has 0 aliphatic carbocycles. The molecule has 0 spiro atoms. The summed E-state index contributed by atoms with van der Waals surface area (Å²) in [5.74, 6) is -0.874. The van der Waals surface area contributed by atoms with Crippen LogP contribution < -0.4 is 0 Å². The Balaban J connectivity index is 1.64. The molecule has 1 atom stereocenters. The van der Waals surface area contributed by atoms with Gasteiger partial charge in [-0.2, -0.15) is 0 Å². The molecule has 1 fully saturated rings. The first kappa shape index (κ1) is 16.0. The van der Waals surface area contributed by atoms with Crippen LogP contribution in [0.5, 0.6) is 0 Å². The van der Waals surface area contributed by atoms with Crippen molar-refractivity contribution in [3.8, 4) is 0 Å². The number of likely N-dealkylation sites (tertiary alicyclic amines) is 1. The molecule has 0 saturated carbocycles. The molecular weight excluding hydrogens is 310 g/mol. The maximum Gasteiger partial charge on any atom is 0.307 e. The lowest BCUT2D eigenvalue weighted by Gasteiger charge is -2.30. The van der Waals surface area contributed by atoms with Crippen molar-refractivity contribution in [2.75, 3.05) is 19.6 Å². The molecule has 23 heavy (non-hydrogen) atoms. The van der Waals surface area contributed by atoms with Gasteiger partial charge in [-0.05, 0) is 48.9 Å². The molecule has 3 heterocycles. The summed E-state index contributed by atoms with van der Waals surface area (Å²) in [6, 6.07) is 6.15. The minimum Gasteiger partial charge on any atom is -0.481 e. The summed E-state index contributed by atoms with van der Waals surface area (Å²) < 4.78 is 5.22. The maximum absolute atomic E-state index is 11.1. The number of piperidine rings is 1. The number of carbonyl (C=O) groups is 1. The summed E-state index contributed by atoms with van der Waals surface area (Å²) in [6.45, 7) is 2.57. The number of aliphatic carboxylic acids is 1. The second kappa shape index (κ2) is 7.62. The lowest BCUT2D eigenvalue weighted by Crippen LogP contribution is -2.39. The maximum atomic E-state index is 11.1. The zero-order chi connectivity index (χ0) is 16.1. The second-order valence-electron chi connectivity index (χ2n) is 5.87. The molecule has 2 aromatic heterocycles. The number of rotatable bonds is 6. The van der Waals surface area contributed by atoms with E-state index >= 15 is 0 Å². The topological polar surface area (TPSA) is 53.7 Å². The Morgan fingerprint density at radius 2 is 2.39 bits per heavy atom. The molecule has 2 aromatic rings. The Labute approximate surface area is 140 Å². The predicted octanol–water partition coefficient (Wildman–Crippen LogP) is 3.96. The van der Waals surface area contributed by atoms with Crippen LogP contribution in [0, 0.1) is 5.92 Å². The largest absolute Gasteiger partial charge is 0.481 e. The minimum atomic E-state index is -0.664. The fraction of sp³-hybridized carbons (Fsp3) is 0.389. The first-order valence-electron chi connectivity index (χ1n) is 7.96. The summed E-state index contributed by atoms with van der Waals surface area (Å²) >= 11 is 1.72. The van der Waals surface area contributed by atoms with E-state index in [0.29, 0.717) is 6.54 Å². The van der Waals surface area contributed by atoms with Gasteiger partial charge in [0.25, 0.3) is 0 Å². The van der Waals surface area contributed by atoms with Crippen LogP contribution in [0.3, 0.4) is 0 Å². The quantitative estimate of drug-likeness (QED) is 0.870. The van der Waals surface area contributed by atoms with E-state index in [1.54, 1.807) is 23.9 Å². The van der Waals surface area contributed by atoms with E-state index in [0.717, 1.165) is 37.9 Å². The van der Waals surface area contributed by atoms with Crippen LogP contribution >= 0.6 is 11.3 Å². The van der Waals surface area contributed by atoms with Gasteiger partial charge >= 0.3 is 5.97 Å². The molecule has 1 N–H and O–H groups in total. The van der Waals surface area contributed by atoms with Crippen LogP contribution in [0.15, 0.2) is 46.6 Å². The summed E-state index contributed by atoms with van der Waals surface area (Å²) in [4.78, 5) is 14.6. The third kappa shape index (κ3) is 4.12. The average molecular weight is 331 g/mol. The number of hydrogen-bond donors (Lipinski definition) is 1. The van der Waals surface area contributed by atoms with Crippen molar-refractivity contribution in [3.05, 3.63) is 52.6 Å². The standard InChI is InChI=1S/C18H21NO3S/c20-18(21)14-4-1-8-19(12-14)9-2-5-16(15-7-10-22-13-15)17-6-3-11-23-17/h3,5-7,10-11,13-14H,1-2,4,8-9,12H2,(H,20,21). The van der Waals surface area contributed by atoms with E-state index in [1.165, 1.54) is 10.5 Å². The highest BCUT2D eigenvalue weighted by Crippen LogP contribution is 2.28. The molecule has 0 bridgehead atoms. The molecule has 1 unspecified atom stereocenters. The van der Waals surface area contributed by atoms with E-state index in [4.69, 9.17) is 4.42 Å². The van der Waals surface area contributed by atoms with Gasteiger partial charge in [0.05, 0.1) is 18.4 Å². The zero-order valence-corrected chi connectivity index (χ0v) is 13.8. The third-order valence-electron chi connectivity index (χ3n) is 4.27. The summed E-state index contributed by atoms with van der Waals surface area (Å²) in [7, 11) is 0. The first-order chi connectivity index (χ1) is 11.2. The normalized spacial score (nSPS) is 19.8. The molecule has 1 aliphatic heterocycles. The monoisotopic (exact) mass is 331 g/mol. The van der Waals surface area contributed by atoms with Crippen molar-refractivity contribution >= 4 is 22.9 Å². The highest BCUT2D eigenvalue weighted by molar-refractivity contribution is 7.11. The van der Waals surface area contributed by atoms with Gasteiger partial charge in [-0.3, -0.25) is 4.79 Å². The van der Waals surface area contributed by atoms with E-state index < -0.39 is 5.97 Å². The zero-order valence-electron chi connectivity index (χ0n) is 13.0. The SMILES string of the molecule is O=C(O)C1CCCN(CCC=C(c2ccoc2)c2cccs2)C1. The van der Waals surface area contributed by atoms with Crippen molar-refractivity contribution in [3.63, 3.8) is 0 Å². The van der Waals surface area contributed by atoms with Crippen LogP contribution in [0.4, 0.5) is 0 Å². The van der Waals surface area contributed by atoms with Crippen molar-refractivity contribution < 1.29 is 14.3 Å². The minimum absolute atomic E-state index is 0.210. The molecule has 1 aliphatic rings. The molecule has 0 radical (unpaired) electrons. The Morgan fingerprint density at radius 3 is 3.09 bits per heavy atom. The molecule has 0 aromatic carbocycles. The van der Waals surface area contributed by atoms with Crippen molar-refractivity contribution in [2.24, 2.45) is 5.92 Å². The van der Waals surface area contributed by atoms with E-state index in [2.05, 4.69) is 28.5 Å². The number of carboxylic acid groups (broad SMARTS) is 1. The third-order valence-corrected chi connectivity index (χ3v) is 5.17. The summed E-state index contributed by atoms with van der Waals surface area (Å²) in [5.41, 5.74) is 2.29. The van der Waals surface area contributed by atoms with E-state index in [9.17, 15) is 9.90 Å². The summed E-state index contributed by atoms with van der Waals surface area (Å²) in [5, 5.41) is 11.2. The fourth-order valence-electron chi connectivity index (χ4n) is 3.06. The molecule has 0 amide bonds. The molecule has 5 heteroatoms. The van der Waals surface area contributed by atoms with Crippen LogP contribution in [0.25, 0.3) is 5.57 Å². The average Bonchev–Trinajstić information content (AvgIpc) is 3.25. The molecule has 4 nitrogen and oxygen atoms in total. The summed E-state index contributed by atoms with van der Waals surface area (Å²) in [6.07, 6.45) is 8.38. The lowest BCUT2D eigenvalue weighted by molar-refractivity contribution is -0.143. The van der Waals surface area contributed by atoms with Crippen LogP contribution in [0.2, 0.25) is 0 Å². The van der Waals surface area contributed by atoms with Crippen LogP contribution in [-0.2, 0) is 4.79 Å². The first-order valence-corrected chi connectivity index (χ1v) is 8.84. The van der Waals surface area contributed by atoms with Crippen LogP contribution in [-0.4, -0.2) is 35.6 Å². The Bertz CT molecular complexity index is 610. The second-order valence-corrected chi connectivity index (χ2v) is 6.82. The van der Waals surface area contributed by atoms with Gasteiger partial charge in [-0.15, -0.1) is 11.3 Å². The highest BCUT2D eigenvalue weighted by Gasteiger charge is 2.24. The number of furan rings is 1. The fourth-order valence-corrected chi connectivity index (χ4v) is 3.85. The van der Waals surface area contributed by atoms with Gasteiger partial charge in [0, 0.05) is 23.5 Å². The van der Waals surface area contributed by atoms with Crippen LogP contribution in [0.1, 0.15) is 29.7 Å². The number of carboxylic acids is 1. The molecule has 1 saturated heterocycles. The number of thiophene rings is 1. The van der Waals surface area contributed by atoms with Gasteiger partial charge in [0.15, 0.2) is 0 Å². The Hall–Kier alpha value is -1.85.